The van der Waals surface area contributed by atoms with Crippen molar-refractivity contribution >= 4 is 33.9 Å². The summed E-state index contributed by atoms with van der Waals surface area (Å²) in [6.07, 6.45) is 0.121. The molecule has 48 heavy (non-hydrogen) atoms. The van der Waals surface area contributed by atoms with Crippen molar-refractivity contribution in [3.8, 4) is 11.3 Å². The van der Waals surface area contributed by atoms with E-state index in [9.17, 15) is 9.59 Å². The average molecular weight is 664 g/mol. The molecule has 258 valence electrons. The van der Waals surface area contributed by atoms with Gasteiger partial charge in [0.25, 0.3) is 0 Å². The number of carbonyl (C=O) groups excluding carboxylic acids is 1. The van der Waals surface area contributed by atoms with Crippen molar-refractivity contribution in [2.45, 2.75) is 13.0 Å². The molecule has 0 atom stereocenters. The van der Waals surface area contributed by atoms with E-state index in [1.54, 1.807) is 12.1 Å². The molecule has 0 aliphatic carbocycles. The maximum absolute atomic E-state index is 12.7. The molecule has 0 bridgehead atoms. The Balaban J connectivity index is 0.992. The monoisotopic (exact) mass is 663 g/mol. The van der Waals surface area contributed by atoms with E-state index in [0.717, 1.165) is 16.8 Å². The van der Waals surface area contributed by atoms with Crippen molar-refractivity contribution in [3.05, 3.63) is 88.6 Å². The minimum Gasteiger partial charge on any atom is -0.454 e. The van der Waals surface area contributed by atoms with Crippen LogP contribution in [0.2, 0.25) is 0 Å². The lowest BCUT2D eigenvalue weighted by Crippen LogP contribution is -2.17. The Morgan fingerprint density at radius 1 is 0.708 bits per heavy atom. The normalized spacial score (nSPS) is 11.2. The molecule has 0 aliphatic heterocycles. The van der Waals surface area contributed by atoms with Gasteiger partial charge in [-0.3, -0.25) is 9.59 Å². The molecule has 1 heterocycles. The van der Waals surface area contributed by atoms with Crippen LogP contribution in [-0.4, -0.2) is 85.6 Å². The third-order valence-electron chi connectivity index (χ3n) is 7.11. The molecule has 12 nitrogen and oxygen atoms in total. The first-order valence-electron chi connectivity index (χ1n) is 16.0. The first-order chi connectivity index (χ1) is 23.5. The van der Waals surface area contributed by atoms with Crippen LogP contribution in [0.5, 0.6) is 0 Å². The molecule has 1 amide bonds. The Labute approximate surface area is 280 Å². The maximum Gasteiger partial charge on any atom is 0.226 e. The Bertz CT molecular complexity index is 1580. The van der Waals surface area contributed by atoms with Crippen molar-refractivity contribution in [1.82, 2.24) is 0 Å². The first kappa shape index (κ1) is 36.5. The number of nitrogens with one attached hydrogen (secondary N) is 2. The quantitative estimate of drug-likeness (QED) is 0.0747. The number of nitrogens with two attached hydrogens (primary N) is 1. The van der Waals surface area contributed by atoms with Crippen LogP contribution in [-0.2, 0) is 39.8 Å². The number of hydrogen-bond donors (Lipinski definition) is 3. The van der Waals surface area contributed by atoms with Gasteiger partial charge in [-0.15, -0.1) is 0 Å². The molecular formula is C36H45N3O9. The fourth-order valence-corrected chi connectivity index (χ4v) is 4.53. The number of fused-ring (bicyclic) bond motifs is 1. The molecule has 0 unspecified atom stereocenters. The molecule has 4 rings (SSSR count). The van der Waals surface area contributed by atoms with Crippen molar-refractivity contribution < 1.29 is 37.6 Å². The Hall–Kier alpha value is -4.30. The molecule has 0 spiro atoms. The lowest BCUT2D eigenvalue weighted by atomic mass is 10.1. The first-order valence-corrected chi connectivity index (χ1v) is 16.0. The van der Waals surface area contributed by atoms with Gasteiger partial charge in [-0.25, -0.2) is 0 Å². The summed E-state index contributed by atoms with van der Waals surface area (Å²) in [5.41, 5.74) is 9.66. The Morgan fingerprint density at radius 2 is 1.27 bits per heavy atom. The molecule has 4 N–H and O–H groups in total. The van der Waals surface area contributed by atoms with Gasteiger partial charge in [-0.05, 0) is 42.0 Å². The summed E-state index contributed by atoms with van der Waals surface area (Å²) < 4.78 is 39.0. The van der Waals surface area contributed by atoms with Gasteiger partial charge in [-0.2, -0.15) is 0 Å². The number of hydrogen-bond acceptors (Lipinski definition) is 11. The minimum atomic E-state index is -0.279. The van der Waals surface area contributed by atoms with E-state index in [-0.39, 0.29) is 35.6 Å². The van der Waals surface area contributed by atoms with Crippen LogP contribution in [0.1, 0.15) is 12.0 Å². The number of carbonyl (C=O) groups is 1. The molecule has 0 fully saturated rings. The van der Waals surface area contributed by atoms with E-state index >= 15 is 0 Å². The van der Waals surface area contributed by atoms with Gasteiger partial charge in [-0.1, -0.05) is 30.3 Å². The summed E-state index contributed by atoms with van der Waals surface area (Å²) in [5.74, 6) is 0.105. The van der Waals surface area contributed by atoms with Gasteiger partial charge in [0.15, 0.2) is 11.0 Å². The number of rotatable bonds is 23. The van der Waals surface area contributed by atoms with Gasteiger partial charge in [0.2, 0.25) is 5.91 Å². The summed E-state index contributed by atoms with van der Waals surface area (Å²) in [7, 11) is 1.83. The van der Waals surface area contributed by atoms with Gasteiger partial charge >= 0.3 is 0 Å². The molecule has 1 aromatic heterocycles. The SMILES string of the molecule is CNc1ccc(-c2cc(=O)c3ccc(NC(=O)CCOCCOCCOCCOCCOCCOCc4ccccc4)c(N)c3o2)cc1. The third-order valence-corrected chi connectivity index (χ3v) is 7.11. The maximum atomic E-state index is 12.7. The van der Waals surface area contributed by atoms with E-state index in [4.69, 9.17) is 38.6 Å². The summed E-state index contributed by atoms with van der Waals surface area (Å²) >= 11 is 0. The summed E-state index contributed by atoms with van der Waals surface area (Å²) in [6, 6.07) is 22.1. The highest BCUT2D eigenvalue weighted by Gasteiger charge is 2.14. The predicted molar refractivity (Wildman–Crippen MR) is 185 cm³/mol. The van der Waals surface area contributed by atoms with Crippen LogP contribution in [0, 0.1) is 0 Å². The molecule has 0 aliphatic rings. The molecule has 12 heteroatoms. The zero-order valence-electron chi connectivity index (χ0n) is 27.4. The average Bonchev–Trinajstić information content (AvgIpc) is 3.11. The summed E-state index contributed by atoms with van der Waals surface area (Å²) in [4.78, 5) is 25.3. The molecule has 0 saturated heterocycles. The Kier molecular flexibility index (Phi) is 15.9. The second-order valence-corrected chi connectivity index (χ2v) is 10.6. The van der Waals surface area contributed by atoms with E-state index in [0.29, 0.717) is 89.5 Å². The number of benzene rings is 3. The van der Waals surface area contributed by atoms with E-state index in [1.807, 2.05) is 61.6 Å². The smallest absolute Gasteiger partial charge is 0.226 e. The van der Waals surface area contributed by atoms with Crippen molar-refractivity contribution in [1.29, 1.82) is 0 Å². The lowest BCUT2D eigenvalue weighted by Gasteiger charge is -2.11. The topological polar surface area (TPSA) is 153 Å². The Morgan fingerprint density at radius 3 is 1.85 bits per heavy atom. The highest BCUT2D eigenvalue weighted by Crippen LogP contribution is 2.31. The third kappa shape index (κ3) is 12.4. The molecule has 3 aromatic carbocycles. The highest BCUT2D eigenvalue weighted by atomic mass is 16.6. The van der Waals surface area contributed by atoms with Gasteiger partial charge in [0, 0.05) is 24.4 Å². The predicted octanol–water partition coefficient (Wildman–Crippen LogP) is 4.71. The van der Waals surface area contributed by atoms with Gasteiger partial charge in [0.1, 0.15) is 5.76 Å². The van der Waals surface area contributed by atoms with Crippen LogP contribution in [0.4, 0.5) is 17.1 Å². The molecule has 0 radical (unpaired) electrons. The van der Waals surface area contributed by atoms with Crippen molar-refractivity contribution in [2.24, 2.45) is 0 Å². The van der Waals surface area contributed by atoms with Crippen molar-refractivity contribution in [3.63, 3.8) is 0 Å². The number of ether oxygens (including phenoxy) is 6. The molecular weight excluding hydrogens is 618 g/mol. The molecule has 4 aromatic rings. The van der Waals surface area contributed by atoms with Crippen LogP contribution < -0.4 is 21.8 Å². The zero-order valence-corrected chi connectivity index (χ0v) is 27.4. The van der Waals surface area contributed by atoms with Crippen LogP contribution in [0.25, 0.3) is 22.3 Å². The standard InChI is InChI=1S/C36H45N3O9/c1-38-29-9-7-28(8-10-29)33-25-32(40)30-11-12-31(35(37)36(30)48-33)39-34(41)13-14-42-15-16-43-17-18-44-19-20-45-21-22-46-23-24-47-26-27-5-3-2-4-6-27/h2-12,25,38H,13-24,26,37H2,1H3,(H,39,41). The van der Waals surface area contributed by atoms with Gasteiger partial charge in [0.05, 0.1) is 102 Å². The van der Waals surface area contributed by atoms with E-state index < -0.39 is 0 Å². The number of nitrogen functional groups attached to an aromatic ring is 1. The summed E-state index contributed by atoms with van der Waals surface area (Å²) in [5, 5.41) is 6.16. The highest BCUT2D eigenvalue weighted by molar-refractivity contribution is 6.01. The number of amides is 1. The van der Waals surface area contributed by atoms with Crippen LogP contribution in [0.15, 0.2) is 82.0 Å². The second kappa shape index (κ2) is 20.8. The van der Waals surface area contributed by atoms with Crippen LogP contribution >= 0.6 is 0 Å². The van der Waals surface area contributed by atoms with Crippen LogP contribution in [0.3, 0.4) is 0 Å². The van der Waals surface area contributed by atoms with E-state index in [1.165, 1.54) is 6.07 Å². The number of anilines is 3. The minimum absolute atomic E-state index is 0.121. The second-order valence-electron chi connectivity index (χ2n) is 10.6. The summed E-state index contributed by atoms with van der Waals surface area (Å²) in [6.45, 7) is 5.39. The lowest BCUT2D eigenvalue weighted by molar-refractivity contribution is -0.117. The van der Waals surface area contributed by atoms with Gasteiger partial charge < -0.3 is 49.2 Å². The molecule has 0 saturated carbocycles. The fraction of sp³-hybridized carbons (Fsp3) is 0.389. The largest absolute Gasteiger partial charge is 0.454 e. The fourth-order valence-electron chi connectivity index (χ4n) is 4.53. The zero-order chi connectivity index (χ0) is 33.8. The van der Waals surface area contributed by atoms with Crippen molar-refractivity contribution in [2.75, 3.05) is 96.1 Å². The van der Waals surface area contributed by atoms with E-state index in [2.05, 4.69) is 10.6 Å².